The molecular formula is C13H15N3O3. The maximum Gasteiger partial charge on any atom is 0.326 e. The number of hydrogen-bond acceptors (Lipinski definition) is 5. The van der Waals surface area contributed by atoms with E-state index >= 15 is 0 Å². The molecule has 19 heavy (non-hydrogen) atoms. The highest BCUT2D eigenvalue weighted by molar-refractivity contribution is 5.69. The van der Waals surface area contributed by atoms with Gasteiger partial charge in [-0.2, -0.15) is 5.26 Å². The van der Waals surface area contributed by atoms with Crippen molar-refractivity contribution in [1.29, 1.82) is 5.26 Å². The first kappa shape index (κ1) is 13.1. The normalized spacial score (nSPS) is 15.5. The molecule has 0 unspecified atom stereocenters. The maximum atomic E-state index is 11.6. The molecule has 1 aliphatic rings. The van der Waals surface area contributed by atoms with E-state index in [1.54, 1.807) is 0 Å². The van der Waals surface area contributed by atoms with E-state index < -0.39 is 5.97 Å². The van der Waals surface area contributed by atoms with Crippen molar-refractivity contribution in [2.75, 3.05) is 12.3 Å². The fourth-order valence-corrected chi connectivity index (χ4v) is 1.81. The Hall–Kier alpha value is -2.29. The number of rotatable bonds is 5. The van der Waals surface area contributed by atoms with Gasteiger partial charge in [-0.1, -0.05) is 0 Å². The van der Waals surface area contributed by atoms with Crippen molar-refractivity contribution in [2.45, 2.75) is 25.8 Å². The van der Waals surface area contributed by atoms with Gasteiger partial charge in [0.2, 0.25) is 0 Å². The Morgan fingerprint density at radius 3 is 2.89 bits per heavy atom. The van der Waals surface area contributed by atoms with E-state index in [-0.39, 0.29) is 24.1 Å². The highest BCUT2D eigenvalue weighted by Gasteiger charge is 2.43. The third kappa shape index (κ3) is 3.35. The molecular weight excluding hydrogens is 246 g/mol. The summed E-state index contributed by atoms with van der Waals surface area (Å²) in [5.74, 6) is -0.489. The second kappa shape index (κ2) is 5.14. The minimum Gasteiger partial charge on any atom is -0.464 e. The van der Waals surface area contributed by atoms with Crippen LogP contribution in [0, 0.1) is 16.7 Å². The molecule has 6 nitrogen and oxygen atoms in total. The molecule has 1 aliphatic carbocycles. The molecule has 0 bridgehead atoms. The smallest absolute Gasteiger partial charge is 0.326 e. The lowest BCUT2D eigenvalue weighted by Crippen LogP contribution is -2.26. The number of nitrogens with zero attached hydrogens (tertiary/aromatic N) is 2. The second-order valence-corrected chi connectivity index (χ2v) is 4.92. The highest BCUT2D eigenvalue weighted by Crippen LogP contribution is 2.48. The Morgan fingerprint density at radius 2 is 2.26 bits per heavy atom. The Morgan fingerprint density at radius 1 is 1.53 bits per heavy atom. The molecule has 0 aliphatic heterocycles. The summed E-state index contributed by atoms with van der Waals surface area (Å²) in [5.41, 5.74) is 5.51. The molecule has 100 valence electrons. The molecule has 0 amide bonds. The number of pyridine rings is 1. The van der Waals surface area contributed by atoms with Crippen LogP contribution in [0.25, 0.3) is 0 Å². The number of nitriles is 1. The van der Waals surface area contributed by atoms with Crippen LogP contribution < -0.4 is 11.3 Å². The van der Waals surface area contributed by atoms with Crippen molar-refractivity contribution in [3.63, 3.8) is 0 Å². The van der Waals surface area contributed by atoms with Gasteiger partial charge in [-0.05, 0) is 18.9 Å². The van der Waals surface area contributed by atoms with Crippen molar-refractivity contribution in [3.8, 4) is 6.07 Å². The Balaban J connectivity index is 1.90. The molecule has 1 heterocycles. The van der Waals surface area contributed by atoms with E-state index in [0.29, 0.717) is 12.1 Å². The highest BCUT2D eigenvalue weighted by atomic mass is 16.5. The van der Waals surface area contributed by atoms with Crippen LogP contribution in [0.1, 0.15) is 19.3 Å². The summed E-state index contributed by atoms with van der Waals surface area (Å²) >= 11 is 0. The summed E-state index contributed by atoms with van der Waals surface area (Å²) in [6.45, 7) is 0.0863. The molecule has 0 saturated heterocycles. The van der Waals surface area contributed by atoms with Crippen LogP contribution in [0.2, 0.25) is 0 Å². The van der Waals surface area contributed by atoms with Crippen LogP contribution in [0.4, 0.5) is 5.69 Å². The lowest BCUT2D eigenvalue weighted by molar-refractivity contribution is -0.146. The summed E-state index contributed by atoms with van der Waals surface area (Å²) in [6, 6.07) is 4.89. The predicted molar refractivity (Wildman–Crippen MR) is 68.0 cm³/mol. The minimum absolute atomic E-state index is 0.148. The van der Waals surface area contributed by atoms with Gasteiger partial charge in [-0.15, -0.1) is 0 Å². The van der Waals surface area contributed by atoms with Gasteiger partial charge in [0.25, 0.3) is 5.56 Å². The molecule has 0 aromatic carbocycles. The van der Waals surface area contributed by atoms with E-state index in [0.717, 1.165) is 12.8 Å². The van der Waals surface area contributed by atoms with Crippen LogP contribution in [-0.2, 0) is 16.1 Å². The van der Waals surface area contributed by atoms with Crippen molar-refractivity contribution in [1.82, 2.24) is 4.57 Å². The topological polar surface area (TPSA) is 98.1 Å². The molecule has 0 atom stereocenters. The van der Waals surface area contributed by atoms with Crippen molar-refractivity contribution in [3.05, 3.63) is 28.7 Å². The predicted octanol–water partition coefficient (Wildman–Crippen LogP) is 0.668. The van der Waals surface area contributed by atoms with Crippen LogP contribution in [0.3, 0.4) is 0 Å². The number of ether oxygens (including phenoxy) is 1. The first-order chi connectivity index (χ1) is 9.04. The average Bonchev–Trinajstić information content (AvgIpc) is 3.12. The molecule has 1 fully saturated rings. The minimum atomic E-state index is -0.489. The Kier molecular flexibility index (Phi) is 3.56. The third-order valence-electron chi connectivity index (χ3n) is 3.26. The van der Waals surface area contributed by atoms with Crippen molar-refractivity contribution >= 4 is 11.7 Å². The van der Waals surface area contributed by atoms with Crippen LogP contribution in [0.15, 0.2) is 23.1 Å². The van der Waals surface area contributed by atoms with Gasteiger partial charge < -0.3 is 15.0 Å². The average molecular weight is 261 g/mol. The van der Waals surface area contributed by atoms with Gasteiger partial charge in [-0.3, -0.25) is 9.59 Å². The summed E-state index contributed by atoms with van der Waals surface area (Å²) in [5, 5.41) is 8.66. The number of esters is 1. The van der Waals surface area contributed by atoms with E-state index in [2.05, 4.69) is 6.07 Å². The quantitative estimate of drug-likeness (QED) is 0.785. The van der Waals surface area contributed by atoms with Crippen LogP contribution >= 0.6 is 0 Å². The number of carbonyl (C=O) groups excluding carboxylic acids is 1. The number of hydrogen-bond donors (Lipinski definition) is 1. The van der Waals surface area contributed by atoms with Gasteiger partial charge in [0.05, 0.1) is 12.7 Å². The van der Waals surface area contributed by atoms with Crippen LogP contribution in [0.5, 0.6) is 0 Å². The molecule has 0 spiro atoms. The van der Waals surface area contributed by atoms with Crippen LogP contribution in [-0.4, -0.2) is 17.1 Å². The zero-order valence-electron chi connectivity index (χ0n) is 10.5. The third-order valence-corrected chi connectivity index (χ3v) is 3.26. The number of anilines is 1. The molecule has 2 N–H and O–H groups in total. The van der Waals surface area contributed by atoms with Crippen molar-refractivity contribution < 1.29 is 9.53 Å². The molecule has 1 saturated carbocycles. The summed E-state index contributed by atoms with van der Waals surface area (Å²) in [4.78, 5) is 23.1. The van der Waals surface area contributed by atoms with E-state index in [1.165, 1.54) is 22.9 Å². The summed E-state index contributed by atoms with van der Waals surface area (Å²) in [6.07, 6.45) is 3.63. The summed E-state index contributed by atoms with van der Waals surface area (Å²) < 4.78 is 6.34. The first-order valence-electron chi connectivity index (χ1n) is 6.03. The van der Waals surface area contributed by atoms with E-state index in [4.69, 9.17) is 15.7 Å². The largest absolute Gasteiger partial charge is 0.464 e. The Bertz CT molecular complexity index is 582. The number of nitrogens with two attached hydrogens (primary N) is 1. The molecule has 2 rings (SSSR count). The van der Waals surface area contributed by atoms with E-state index in [9.17, 15) is 9.59 Å². The lowest BCUT2D eigenvalue weighted by Gasteiger charge is -2.12. The van der Waals surface area contributed by atoms with Gasteiger partial charge in [0.15, 0.2) is 0 Å². The van der Waals surface area contributed by atoms with Gasteiger partial charge >= 0.3 is 5.97 Å². The molecule has 1 aromatic rings. The zero-order chi connectivity index (χ0) is 13.9. The molecule has 6 heteroatoms. The van der Waals surface area contributed by atoms with Crippen molar-refractivity contribution in [2.24, 2.45) is 5.41 Å². The number of carbonyl (C=O) groups is 1. The van der Waals surface area contributed by atoms with Gasteiger partial charge in [-0.25, -0.2) is 0 Å². The standard InChI is InChI=1S/C13H15N3O3/c14-6-5-13(3-4-13)9-19-12(18)8-16-7-10(15)1-2-11(16)17/h1-2,7H,3-5,8-9,15H2. The maximum absolute atomic E-state index is 11.6. The fraction of sp³-hybridized carbons (Fsp3) is 0.462. The number of aromatic nitrogens is 1. The number of nitrogen functional groups attached to an aromatic ring is 1. The Labute approximate surface area is 110 Å². The van der Waals surface area contributed by atoms with Gasteiger partial charge in [0, 0.05) is 29.8 Å². The monoisotopic (exact) mass is 261 g/mol. The van der Waals surface area contributed by atoms with Gasteiger partial charge in [0.1, 0.15) is 6.54 Å². The van der Waals surface area contributed by atoms with E-state index in [1.807, 2.05) is 0 Å². The second-order valence-electron chi connectivity index (χ2n) is 4.92. The SMILES string of the molecule is N#CCC1(COC(=O)Cn2cc(N)ccc2=O)CC1. The first-order valence-corrected chi connectivity index (χ1v) is 6.03. The molecule has 0 radical (unpaired) electrons. The molecule has 1 aromatic heterocycles. The summed E-state index contributed by atoms with van der Waals surface area (Å²) in [7, 11) is 0. The fourth-order valence-electron chi connectivity index (χ4n) is 1.81. The zero-order valence-corrected chi connectivity index (χ0v) is 10.5. The lowest BCUT2D eigenvalue weighted by atomic mass is 10.1.